The predicted molar refractivity (Wildman–Crippen MR) is 121 cm³/mol. The topological polar surface area (TPSA) is 39.2 Å². The van der Waals surface area contributed by atoms with Crippen molar-refractivity contribution in [2.75, 3.05) is 0 Å². The van der Waals surface area contributed by atoms with Crippen LogP contribution in [-0.4, -0.2) is 22.0 Å². The molecule has 1 saturated heterocycles. The molecule has 2 aromatic rings. The van der Waals surface area contributed by atoms with Gasteiger partial charge in [-0.15, -0.1) is 0 Å². The van der Waals surface area contributed by atoms with Gasteiger partial charge in [0.05, 0.1) is 11.2 Å². The molecule has 3 heterocycles. The van der Waals surface area contributed by atoms with Gasteiger partial charge in [0.25, 0.3) is 0 Å². The fraction of sp³-hybridized carbons (Fsp3) is 0.429. The highest BCUT2D eigenvalue weighted by molar-refractivity contribution is 5.87. The van der Waals surface area contributed by atoms with Gasteiger partial charge in [-0.05, 0) is 71.9 Å². The molecule has 2 aliphatic heterocycles. The molecular formula is C28H27NO2. The van der Waals surface area contributed by atoms with Crippen LogP contribution in [0.3, 0.4) is 0 Å². The Hall–Kier alpha value is -2.52. The average molecular weight is 410 g/mol. The number of ketones is 1. The maximum atomic E-state index is 12.4. The van der Waals surface area contributed by atoms with Gasteiger partial charge in [0.15, 0.2) is 0 Å². The summed E-state index contributed by atoms with van der Waals surface area (Å²) in [6.07, 6.45) is 17.4. The summed E-state index contributed by atoms with van der Waals surface area (Å²) in [5.74, 6) is 0.795. The van der Waals surface area contributed by atoms with E-state index in [4.69, 9.17) is 4.74 Å². The molecule has 31 heavy (non-hydrogen) atoms. The number of carbonyl (C=O) groups is 1. The lowest BCUT2D eigenvalue weighted by molar-refractivity contribution is -0.143. The van der Waals surface area contributed by atoms with Crippen LogP contribution < -0.4 is 0 Å². The van der Waals surface area contributed by atoms with Crippen molar-refractivity contribution < 1.29 is 9.53 Å². The van der Waals surface area contributed by atoms with Crippen LogP contribution in [0, 0.1) is 11.3 Å². The van der Waals surface area contributed by atoms with Crippen molar-refractivity contribution in [2.24, 2.45) is 11.3 Å². The van der Waals surface area contributed by atoms with Gasteiger partial charge in [-0.25, -0.2) is 0 Å². The summed E-state index contributed by atoms with van der Waals surface area (Å²) in [6.45, 7) is 2.44. The number of fused-ring (bicyclic) bond motifs is 2. The Bertz CT molecular complexity index is 1250. The summed E-state index contributed by atoms with van der Waals surface area (Å²) >= 11 is 0. The first-order chi connectivity index (χ1) is 15.0. The van der Waals surface area contributed by atoms with Gasteiger partial charge in [0.1, 0.15) is 5.78 Å². The van der Waals surface area contributed by atoms with E-state index in [-0.39, 0.29) is 16.6 Å². The number of pyridine rings is 1. The van der Waals surface area contributed by atoms with Crippen molar-refractivity contribution in [2.45, 2.75) is 63.1 Å². The molecule has 2 fully saturated rings. The standard InChI is InChI=1S/C28H27NO2/c1-26-10-8-22-15-21-4-5-23(30)16-27(21)11-12-28(22,31-27)25(26)7-6-24(26)19-3-2-18-9-13-29-17-20(18)14-19/h2-3,6,8-9,13-15,17,25H,4-5,7,10-12,16H2,1H3/t25-,26?,27-,28-/m1/s1. The summed E-state index contributed by atoms with van der Waals surface area (Å²) in [7, 11) is 0. The Morgan fingerprint density at radius 3 is 2.97 bits per heavy atom. The van der Waals surface area contributed by atoms with E-state index in [0.29, 0.717) is 24.5 Å². The Morgan fingerprint density at radius 1 is 1.10 bits per heavy atom. The van der Waals surface area contributed by atoms with Gasteiger partial charge in [0, 0.05) is 42.0 Å². The van der Waals surface area contributed by atoms with Crippen molar-refractivity contribution in [3.8, 4) is 0 Å². The summed E-state index contributed by atoms with van der Waals surface area (Å²) in [5.41, 5.74) is 5.04. The van der Waals surface area contributed by atoms with E-state index in [0.717, 1.165) is 32.1 Å². The lowest BCUT2D eigenvalue weighted by Gasteiger charge is -2.53. The van der Waals surface area contributed by atoms with Gasteiger partial charge < -0.3 is 4.74 Å². The molecule has 4 atom stereocenters. The second kappa shape index (κ2) is 5.83. The molecule has 0 N–H and O–H groups in total. The molecule has 7 rings (SSSR count). The van der Waals surface area contributed by atoms with Crippen LogP contribution in [0.25, 0.3) is 16.3 Å². The van der Waals surface area contributed by atoms with Crippen molar-refractivity contribution in [1.29, 1.82) is 0 Å². The first kappa shape index (κ1) is 18.1. The van der Waals surface area contributed by atoms with Crippen LogP contribution in [0.5, 0.6) is 0 Å². The van der Waals surface area contributed by atoms with Crippen molar-refractivity contribution in [3.05, 3.63) is 71.6 Å². The summed E-state index contributed by atoms with van der Waals surface area (Å²) in [5, 5.41) is 2.43. The van der Waals surface area contributed by atoms with Crippen molar-refractivity contribution >= 4 is 22.1 Å². The number of aromatic nitrogens is 1. The second-order valence-corrected chi connectivity index (χ2v) is 10.5. The number of allylic oxidation sites excluding steroid dienone is 3. The predicted octanol–water partition coefficient (Wildman–Crippen LogP) is 5.96. The number of hydrogen-bond donors (Lipinski definition) is 0. The van der Waals surface area contributed by atoms with E-state index in [2.05, 4.69) is 54.4 Å². The van der Waals surface area contributed by atoms with E-state index in [1.165, 1.54) is 33.1 Å². The second-order valence-electron chi connectivity index (χ2n) is 10.5. The van der Waals surface area contributed by atoms with Gasteiger partial charge >= 0.3 is 0 Å². The molecule has 3 aliphatic carbocycles. The first-order valence-corrected chi connectivity index (χ1v) is 11.7. The van der Waals surface area contributed by atoms with Crippen molar-refractivity contribution in [3.63, 3.8) is 0 Å². The third kappa shape index (κ3) is 2.23. The van der Waals surface area contributed by atoms with Crippen LogP contribution in [-0.2, 0) is 9.53 Å². The fourth-order valence-corrected chi connectivity index (χ4v) is 7.50. The molecule has 3 nitrogen and oxygen atoms in total. The number of carbonyl (C=O) groups excluding carboxylic acids is 1. The maximum absolute atomic E-state index is 12.4. The highest BCUT2D eigenvalue weighted by Gasteiger charge is 2.65. The van der Waals surface area contributed by atoms with E-state index in [1.807, 2.05) is 12.4 Å². The molecular weight excluding hydrogens is 382 g/mol. The van der Waals surface area contributed by atoms with E-state index < -0.39 is 0 Å². The van der Waals surface area contributed by atoms with Gasteiger partial charge in [0.2, 0.25) is 0 Å². The van der Waals surface area contributed by atoms with Crippen molar-refractivity contribution in [1.82, 2.24) is 4.98 Å². The molecule has 156 valence electrons. The van der Waals surface area contributed by atoms with Gasteiger partial charge in [-0.3, -0.25) is 9.78 Å². The number of Topliss-reactive ketones (excluding diaryl/α,β-unsaturated/α-hetero) is 1. The summed E-state index contributed by atoms with van der Waals surface area (Å²) in [6, 6.07) is 8.86. The van der Waals surface area contributed by atoms with Crippen LogP contribution in [0.2, 0.25) is 0 Å². The first-order valence-electron chi connectivity index (χ1n) is 11.7. The number of ether oxygens (including phenoxy) is 1. The maximum Gasteiger partial charge on any atom is 0.136 e. The minimum absolute atomic E-state index is 0.0505. The summed E-state index contributed by atoms with van der Waals surface area (Å²) < 4.78 is 7.08. The third-order valence-electron chi connectivity index (χ3n) is 9.04. The van der Waals surface area contributed by atoms with E-state index in [1.54, 1.807) is 0 Å². The SMILES string of the molecule is CC12CC=C3C=C4CCC(=O)C[C@]45CC[C@]3(O5)[C@@H]1CC=C2c1ccc2ccncc2c1. The molecule has 3 heteroatoms. The molecule has 2 spiro atoms. The van der Waals surface area contributed by atoms with Crippen LogP contribution in [0.1, 0.15) is 57.4 Å². The molecule has 5 aliphatic rings. The molecule has 1 unspecified atom stereocenters. The van der Waals surface area contributed by atoms with Gasteiger partial charge in [-0.1, -0.05) is 37.3 Å². The third-order valence-corrected chi connectivity index (χ3v) is 9.04. The Labute approximate surface area is 182 Å². The highest BCUT2D eigenvalue weighted by Crippen LogP contribution is 2.67. The quantitative estimate of drug-likeness (QED) is 0.584. The Balaban J connectivity index is 1.32. The average Bonchev–Trinajstić information content (AvgIpc) is 3.28. The largest absolute Gasteiger partial charge is 0.359 e. The van der Waals surface area contributed by atoms with E-state index in [9.17, 15) is 4.79 Å². The zero-order chi connectivity index (χ0) is 20.8. The Morgan fingerprint density at radius 2 is 2.03 bits per heavy atom. The zero-order valence-electron chi connectivity index (χ0n) is 18.0. The number of hydrogen-bond acceptors (Lipinski definition) is 3. The minimum Gasteiger partial charge on any atom is -0.359 e. The smallest absolute Gasteiger partial charge is 0.136 e. The van der Waals surface area contributed by atoms with Gasteiger partial charge in [-0.2, -0.15) is 0 Å². The lowest BCUT2D eigenvalue weighted by Crippen LogP contribution is -2.53. The van der Waals surface area contributed by atoms with Crippen LogP contribution in [0.4, 0.5) is 0 Å². The fourth-order valence-electron chi connectivity index (χ4n) is 7.50. The number of benzene rings is 1. The monoisotopic (exact) mass is 409 g/mol. The highest BCUT2D eigenvalue weighted by atomic mass is 16.5. The Kier molecular flexibility index (Phi) is 3.40. The van der Waals surface area contributed by atoms with Crippen LogP contribution in [0.15, 0.2) is 66.0 Å². The molecule has 0 radical (unpaired) electrons. The molecule has 1 aromatic carbocycles. The minimum atomic E-state index is -0.317. The molecule has 0 amide bonds. The zero-order valence-corrected chi connectivity index (χ0v) is 18.0. The molecule has 1 aromatic heterocycles. The lowest BCUT2D eigenvalue weighted by atomic mass is 9.58. The number of rotatable bonds is 1. The molecule has 1 saturated carbocycles. The van der Waals surface area contributed by atoms with E-state index >= 15 is 0 Å². The number of nitrogens with zero attached hydrogens (tertiary/aromatic N) is 1. The normalized spacial score (nSPS) is 38.2. The molecule has 2 bridgehead atoms. The van der Waals surface area contributed by atoms with Crippen LogP contribution >= 0.6 is 0 Å². The summed E-state index contributed by atoms with van der Waals surface area (Å²) in [4.78, 5) is 16.7.